The second-order valence-corrected chi connectivity index (χ2v) is 4.59. The lowest BCUT2D eigenvalue weighted by Gasteiger charge is -2.00. The Morgan fingerprint density at radius 1 is 1.41 bits per heavy atom. The average Bonchev–Trinajstić information content (AvgIpc) is 3.11. The van der Waals surface area contributed by atoms with Crippen molar-refractivity contribution in [1.29, 1.82) is 0 Å². The van der Waals surface area contributed by atoms with Gasteiger partial charge in [0.25, 0.3) is 5.69 Å². The molecule has 0 aliphatic carbocycles. The van der Waals surface area contributed by atoms with Crippen LogP contribution in [0.1, 0.15) is 16.1 Å². The summed E-state index contributed by atoms with van der Waals surface area (Å²) in [6, 6.07) is 4.33. The average molecular weight is 301 g/mol. The van der Waals surface area contributed by atoms with E-state index in [4.69, 9.17) is 9.47 Å². The van der Waals surface area contributed by atoms with E-state index >= 15 is 0 Å². The fourth-order valence-corrected chi connectivity index (χ4v) is 2.04. The highest BCUT2D eigenvalue weighted by Gasteiger charge is 2.22. The standard InChI is InChI=1S/C14H11N3O5/c1-16-5-4-10(15-16)12(18)3-2-9-6-13-14(22-8-21-13)7-11(9)17(19)20/h2-7H,8H2,1H3/b3-2+. The largest absolute Gasteiger partial charge is 0.454 e. The molecule has 0 atom stereocenters. The number of fused-ring (bicyclic) bond motifs is 1. The van der Waals surface area contributed by atoms with E-state index in [1.165, 1.54) is 29.0 Å². The molecule has 0 amide bonds. The van der Waals surface area contributed by atoms with Gasteiger partial charge in [0, 0.05) is 13.2 Å². The number of ketones is 1. The number of carbonyl (C=O) groups excluding carboxylic acids is 1. The van der Waals surface area contributed by atoms with Crippen LogP contribution in [0.4, 0.5) is 5.69 Å². The quantitative estimate of drug-likeness (QED) is 0.370. The monoisotopic (exact) mass is 301 g/mol. The summed E-state index contributed by atoms with van der Waals surface area (Å²) in [4.78, 5) is 22.5. The highest BCUT2D eigenvalue weighted by Crippen LogP contribution is 2.38. The van der Waals surface area contributed by atoms with Crippen LogP contribution < -0.4 is 9.47 Å². The van der Waals surface area contributed by atoms with E-state index in [9.17, 15) is 14.9 Å². The lowest BCUT2D eigenvalue weighted by Crippen LogP contribution is -1.98. The van der Waals surface area contributed by atoms with Crippen LogP contribution in [0, 0.1) is 10.1 Å². The molecule has 22 heavy (non-hydrogen) atoms. The van der Waals surface area contributed by atoms with Crippen LogP contribution in [0.15, 0.2) is 30.5 Å². The first kappa shape index (κ1) is 13.8. The summed E-state index contributed by atoms with van der Waals surface area (Å²) in [5.41, 5.74) is 0.370. The van der Waals surface area contributed by atoms with Gasteiger partial charge < -0.3 is 9.47 Å². The topological polar surface area (TPSA) is 96.5 Å². The fraction of sp³-hybridized carbons (Fsp3) is 0.143. The Bertz CT molecular complexity index is 794. The van der Waals surface area contributed by atoms with Crippen molar-refractivity contribution in [1.82, 2.24) is 9.78 Å². The number of benzene rings is 1. The Morgan fingerprint density at radius 3 is 2.77 bits per heavy atom. The SMILES string of the molecule is Cn1ccc(C(=O)/C=C/c2cc3c(cc2[N+](=O)[O-])OCO3)n1. The van der Waals surface area contributed by atoms with Crippen LogP contribution in [0.5, 0.6) is 11.5 Å². The molecule has 0 saturated heterocycles. The number of rotatable bonds is 4. The van der Waals surface area contributed by atoms with Gasteiger partial charge in [-0.3, -0.25) is 19.6 Å². The van der Waals surface area contributed by atoms with Crippen LogP contribution in [0.2, 0.25) is 0 Å². The lowest BCUT2D eigenvalue weighted by atomic mass is 10.1. The molecule has 0 spiro atoms. The molecule has 8 nitrogen and oxygen atoms in total. The zero-order valence-corrected chi connectivity index (χ0v) is 11.6. The normalized spacial score (nSPS) is 12.8. The van der Waals surface area contributed by atoms with Crippen LogP contribution in [-0.2, 0) is 7.05 Å². The molecule has 0 fully saturated rings. The number of nitro groups is 1. The van der Waals surface area contributed by atoms with Gasteiger partial charge in [0.05, 0.1) is 16.6 Å². The molecule has 1 aliphatic heterocycles. The molecule has 0 N–H and O–H groups in total. The number of aromatic nitrogens is 2. The van der Waals surface area contributed by atoms with Crippen molar-refractivity contribution < 1.29 is 19.2 Å². The first-order chi connectivity index (χ1) is 10.5. The summed E-state index contributed by atoms with van der Waals surface area (Å²) < 4.78 is 11.8. The van der Waals surface area contributed by atoms with Crippen molar-refractivity contribution in [3.63, 3.8) is 0 Å². The van der Waals surface area contributed by atoms with Gasteiger partial charge in [0.2, 0.25) is 12.6 Å². The summed E-state index contributed by atoms with van der Waals surface area (Å²) >= 11 is 0. The second-order valence-electron chi connectivity index (χ2n) is 4.59. The number of carbonyl (C=O) groups is 1. The van der Waals surface area contributed by atoms with Gasteiger partial charge in [-0.05, 0) is 24.3 Å². The highest BCUT2D eigenvalue weighted by atomic mass is 16.7. The first-order valence-electron chi connectivity index (χ1n) is 6.34. The third-order valence-corrected chi connectivity index (χ3v) is 3.10. The molecule has 0 radical (unpaired) electrons. The van der Waals surface area contributed by atoms with Gasteiger partial charge in [-0.1, -0.05) is 0 Å². The highest BCUT2D eigenvalue weighted by molar-refractivity contribution is 6.05. The number of hydrogen-bond donors (Lipinski definition) is 0. The van der Waals surface area contributed by atoms with Crippen LogP contribution >= 0.6 is 0 Å². The molecule has 0 unspecified atom stereocenters. The zero-order chi connectivity index (χ0) is 15.7. The molecule has 2 heterocycles. The molecule has 1 aromatic heterocycles. The van der Waals surface area contributed by atoms with E-state index in [2.05, 4.69) is 5.10 Å². The molecular weight excluding hydrogens is 290 g/mol. The fourth-order valence-electron chi connectivity index (χ4n) is 2.04. The maximum atomic E-state index is 12.0. The number of aryl methyl sites for hydroxylation is 1. The predicted octanol–water partition coefficient (Wildman–Crippen LogP) is 1.95. The Hall–Kier alpha value is -3.16. The van der Waals surface area contributed by atoms with Crippen molar-refractivity contribution >= 4 is 17.5 Å². The lowest BCUT2D eigenvalue weighted by molar-refractivity contribution is -0.385. The molecule has 8 heteroatoms. The molecule has 112 valence electrons. The van der Waals surface area contributed by atoms with E-state index in [1.54, 1.807) is 19.3 Å². The maximum Gasteiger partial charge on any atom is 0.280 e. The summed E-state index contributed by atoms with van der Waals surface area (Å²) in [6.07, 6.45) is 4.26. The molecule has 0 saturated carbocycles. The minimum atomic E-state index is -0.535. The number of nitrogens with zero attached hydrogens (tertiary/aromatic N) is 3. The van der Waals surface area contributed by atoms with E-state index in [0.29, 0.717) is 11.5 Å². The first-order valence-corrected chi connectivity index (χ1v) is 6.34. The van der Waals surface area contributed by atoms with Crippen molar-refractivity contribution in [2.24, 2.45) is 7.05 Å². The second kappa shape index (κ2) is 5.32. The summed E-state index contributed by atoms with van der Waals surface area (Å²) in [5, 5.41) is 15.1. The van der Waals surface area contributed by atoms with Gasteiger partial charge in [0.15, 0.2) is 11.5 Å². The number of nitro benzene ring substituents is 1. The van der Waals surface area contributed by atoms with Crippen LogP contribution in [0.3, 0.4) is 0 Å². The summed E-state index contributed by atoms with van der Waals surface area (Å²) in [7, 11) is 1.70. The van der Waals surface area contributed by atoms with Gasteiger partial charge in [-0.15, -0.1) is 0 Å². The Balaban J connectivity index is 1.92. The van der Waals surface area contributed by atoms with Gasteiger partial charge >= 0.3 is 0 Å². The molecule has 2 aromatic rings. The van der Waals surface area contributed by atoms with Crippen LogP contribution in [0.25, 0.3) is 6.08 Å². The molecule has 3 rings (SSSR count). The van der Waals surface area contributed by atoms with E-state index in [0.717, 1.165) is 0 Å². The maximum absolute atomic E-state index is 12.0. The van der Waals surface area contributed by atoms with Crippen molar-refractivity contribution in [3.8, 4) is 11.5 Å². The van der Waals surface area contributed by atoms with E-state index in [1.807, 2.05) is 0 Å². The summed E-state index contributed by atoms with van der Waals surface area (Å²) in [6.45, 7) is 0.0204. The minimum absolute atomic E-state index is 0.0204. The number of hydrogen-bond acceptors (Lipinski definition) is 6. The third kappa shape index (κ3) is 2.53. The molecule has 0 bridgehead atoms. The Labute approximate surface area is 124 Å². The number of ether oxygens (including phenoxy) is 2. The Kier molecular flexibility index (Phi) is 3.34. The Morgan fingerprint density at radius 2 is 2.14 bits per heavy atom. The predicted molar refractivity (Wildman–Crippen MR) is 75.8 cm³/mol. The van der Waals surface area contributed by atoms with Gasteiger partial charge in [0.1, 0.15) is 5.69 Å². The van der Waals surface area contributed by atoms with Crippen molar-refractivity contribution in [2.75, 3.05) is 6.79 Å². The molecule has 1 aliphatic rings. The van der Waals surface area contributed by atoms with Gasteiger partial charge in [-0.2, -0.15) is 5.10 Å². The summed E-state index contributed by atoms with van der Waals surface area (Å²) in [5.74, 6) is 0.392. The minimum Gasteiger partial charge on any atom is -0.454 e. The van der Waals surface area contributed by atoms with Crippen LogP contribution in [-0.4, -0.2) is 27.3 Å². The van der Waals surface area contributed by atoms with E-state index in [-0.39, 0.29) is 29.5 Å². The molecular formula is C14H11N3O5. The smallest absolute Gasteiger partial charge is 0.280 e. The van der Waals surface area contributed by atoms with E-state index < -0.39 is 4.92 Å². The molecule has 1 aromatic carbocycles. The van der Waals surface area contributed by atoms with Gasteiger partial charge in [-0.25, -0.2) is 0 Å². The van der Waals surface area contributed by atoms with Crippen molar-refractivity contribution in [2.45, 2.75) is 0 Å². The van der Waals surface area contributed by atoms with Crippen molar-refractivity contribution in [3.05, 3.63) is 51.8 Å². The third-order valence-electron chi connectivity index (χ3n) is 3.10. The zero-order valence-electron chi connectivity index (χ0n) is 11.6. The number of allylic oxidation sites excluding steroid dienone is 1.